The van der Waals surface area contributed by atoms with Gasteiger partial charge in [0, 0.05) is 60.8 Å². The van der Waals surface area contributed by atoms with E-state index in [1.165, 1.54) is 0 Å². The Morgan fingerprint density at radius 1 is 1.46 bits per heavy atom. The molecule has 1 atom stereocenters. The van der Waals surface area contributed by atoms with E-state index >= 15 is 0 Å². The van der Waals surface area contributed by atoms with Crippen molar-refractivity contribution in [3.8, 4) is 0 Å². The zero-order valence-electron chi connectivity index (χ0n) is 13.7. The highest BCUT2D eigenvalue weighted by Crippen LogP contribution is 2.30. The average Bonchev–Trinajstić information content (AvgIpc) is 3.20. The van der Waals surface area contributed by atoms with Crippen LogP contribution in [0.4, 0.5) is 0 Å². The Bertz CT molecular complexity index is 728. The molecule has 1 unspecified atom stereocenters. The summed E-state index contributed by atoms with van der Waals surface area (Å²) in [5, 5.41) is 13.9. The Labute approximate surface area is 151 Å². The molecule has 2 N–H and O–H groups in total. The number of fused-ring (bicyclic) bond motifs is 1. The maximum atomic E-state index is 12.9. The molecule has 2 aromatic heterocycles. The molecule has 0 spiro atoms. The van der Waals surface area contributed by atoms with E-state index in [2.05, 4.69) is 25.9 Å². The van der Waals surface area contributed by atoms with E-state index < -0.39 is 0 Å². The number of nitrogens with zero attached hydrogens (tertiary/aromatic N) is 3. The summed E-state index contributed by atoms with van der Waals surface area (Å²) in [7, 11) is 0. The average molecular weight is 368 g/mol. The number of piperidine rings is 1. The van der Waals surface area contributed by atoms with Gasteiger partial charge in [0.05, 0.1) is 5.01 Å². The molecule has 0 aliphatic carbocycles. The molecule has 2 aromatic rings. The Hall–Kier alpha value is -1.44. The predicted octanol–water partition coefficient (Wildman–Crippen LogP) is 2.26. The van der Waals surface area contributed by atoms with Crippen molar-refractivity contribution in [3.05, 3.63) is 33.0 Å². The molecule has 1 amide bonds. The first-order valence-corrected chi connectivity index (χ1v) is 9.08. The minimum absolute atomic E-state index is 0. The molecule has 6 nitrogen and oxygen atoms in total. The van der Waals surface area contributed by atoms with Gasteiger partial charge in [-0.15, -0.1) is 23.7 Å². The summed E-state index contributed by atoms with van der Waals surface area (Å²) in [6.45, 7) is 5.26. The second kappa shape index (κ2) is 7.21. The maximum Gasteiger partial charge on any atom is 0.274 e. The number of halogens is 1. The minimum Gasteiger partial charge on any atom is -0.337 e. The lowest BCUT2D eigenvalue weighted by atomic mass is 9.98. The number of aryl methyl sites for hydroxylation is 1. The van der Waals surface area contributed by atoms with Gasteiger partial charge < -0.3 is 10.2 Å². The summed E-state index contributed by atoms with van der Waals surface area (Å²) in [5.41, 5.74) is 3.83. The lowest BCUT2D eigenvalue weighted by molar-refractivity contribution is 0.0699. The van der Waals surface area contributed by atoms with Crippen LogP contribution >= 0.6 is 23.7 Å². The first-order valence-electron chi connectivity index (χ1n) is 8.20. The third kappa shape index (κ3) is 3.20. The maximum absolute atomic E-state index is 12.9. The van der Waals surface area contributed by atoms with Crippen LogP contribution in [-0.4, -0.2) is 45.6 Å². The Morgan fingerprint density at radius 3 is 3.12 bits per heavy atom. The number of hydrogen-bond acceptors (Lipinski definition) is 5. The first kappa shape index (κ1) is 17.4. The van der Waals surface area contributed by atoms with Gasteiger partial charge in [-0.1, -0.05) is 0 Å². The van der Waals surface area contributed by atoms with Gasteiger partial charge in [0.1, 0.15) is 0 Å². The van der Waals surface area contributed by atoms with Crippen LogP contribution in [0.1, 0.15) is 51.2 Å². The Balaban J connectivity index is 0.00000169. The number of likely N-dealkylation sites (tertiary alicyclic amines) is 1. The molecule has 2 aliphatic heterocycles. The number of thiazole rings is 1. The molecular formula is C16H22ClN5OS. The van der Waals surface area contributed by atoms with E-state index in [0.717, 1.165) is 67.4 Å². The molecule has 24 heavy (non-hydrogen) atoms. The van der Waals surface area contributed by atoms with Gasteiger partial charge in [-0.2, -0.15) is 5.10 Å². The van der Waals surface area contributed by atoms with Crippen LogP contribution in [0.5, 0.6) is 0 Å². The topological polar surface area (TPSA) is 73.9 Å². The molecule has 1 saturated heterocycles. The number of nitrogens with one attached hydrogen (secondary N) is 2. The number of H-pyrrole nitrogens is 1. The second-order valence-corrected chi connectivity index (χ2v) is 7.26. The van der Waals surface area contributed by atoms with Crippen molar-refractivity contribution in [2.24, 2.45) is 0 Å². The van der Waals surface area contributed by atoms with Crippen LogP contribution in [0.25, 0.3) is 0 Å². The fourth-order valence-electron chi connectivity index (χ4n) is 3.47. The van der Waals surface area contributed by atoms with Crippen molar-refractivity contribution in [2.45, 2.75) is 38.6 Å². The van der Waals surface area contributed by atoms with E-state index in [4.69, 9.17) is 0 Å². The monoisotopic (exact) mass is 367 g/mol. The normalized spacial score (nSPS) is 20.4. The highest BCUT2D eigenvalue weighted by molar-refractivity contribution is 7.09. The number of aromatic nitrogens is 3. The summed E-state index contributed by atoms with van der Waals surface area (Å²) >= 11 is 1.71. The van der Waals surface area contributed by atoms with Crippen LogP contribution < -0.4 is 5.32 Å². The summed E-state index contributed by atoms with van der Waals surface area (Å²) in [6.07, 6.45) is 3.05. The fraction of sp³-hybridized carbons (Fsp3) is 0.562. The van der Waals surface area contributed by atoms with Gasteiger partial charge in [0.15, 0.2) is 5.69 Å². The standard InChI is InChI=1S/C16H21N5OS.ClH/c1-10-9-23-15(18-10)11-3-2-6-21(8-11)16(22)14-12-7-17-5-4-13(12)19-20-14;/h9,11,17H,2-8H2,1H3,(H,19,20);1H. The number of amides is 1. The third-order valence-electron chi connectivity index (χ3n) is 4.70. The van der Waals surface area contributed by atoms with Gasteiger partial charge in [-0.3, -0.25) is 9.89 Å². The fourth-order valence-corrected chi connectivity index (χ4v) is 4.40. The highest BCUT2D eigenvalue weighted by atomic mass is 35.5. The largest absolute Gasteiger partial charge is 0.337 e. The molecular weight excluding hydrogens is 346 g/mol. The predicted molar refractivity (Wildman–Crippen MR) is 96.0 cm³/mol. The van der Waals surface area contributed by atoms with Crippen LogP contribution in [0.3, 0.4) is 0 Å². The molecule has 0 saturated carbocycles. The number of carbonyl (C=O) groups excluding carboxylic acids is 1. The van der Waals surface area contributed by atoms with Crippen molar-refractivity contribution in [2.75, 3.05) is 19.6 Å². The van der Waals surface area contributed by atoms with E-state index in [0.29, 0.717) is 11.6 Å². The van der Waals surface area contributed by atoms with Crippen LogP contribution in [0, 0.1) is 6.92 Å². The van der Waals surface area contributed by atoms with E-state index in [-0.39, 0.29) is 18.3 Å². The molecule has 8 heteroatoms. The molecule has 0 aromatic carbocycles. The van der Waals surface area contributed by atoms with Crippen molar-refractivity contribution in [3.63, 3.8) is 0 Å². The van der Waals surface area contributed by atoms with E-state index in [9.17, 15) is 4.79 Å². The molecule has 4 rings (SSSR count). The highest BCUT2D eigenvalue weighted by Gasteiger charge is 2.30. The summed E-state index contributed by atoms with van der Waals surface area (Å²) < 4.78 is 0. The van der Waals surface area contributed by atoms with E-state index in [1.54, 1.807) is 11.3 Å². The molecule has 4 heterocycles. The second-order valence-electron chi connectivity index (χ2n) is 6.37. The van der Waals surface area contributed by atoms with E-state index in [1.807, 2.05) is 11.8 Å². The first-order chi connectivity index (χ1) is 11.2. The van der Waals surface area contributed by atoms with Crippen molar-refractivity contribution >= 4 is 29.7 Å². The lowest BCUT2D eigenvalue weighted by Gasteiger charge is -2.31. The summed E-state index contributed by atoms with van der Waals surface area (Å²) in [6, 6.07) is 0. The number of hydrogen-bond donors (Lipinski definition) is 2. The van der Waals surface area contributed by atoms with Gasteiger partial charge in [-0.25, -0.2) is 4.98 Å². The third-order valence-corrected chi connectivity index (χ3v) is 5.83. The smallest absolute Gasteiger partial charge is 0.274 e. The van der Waals surface area contributed by atoms with Crippen molar-refractivity contribution in [1.29, 1.82) is 0 Å². The van der Waals surface area contributed by atoms with Gasteiger partial charge in [0.25, 0.3) is 5.91 Å². The number of rotatable bonds is 2. The molecule has 1 fully saturated rings. The summed E-state index contributed by atoms with van der Waals surface area (Å²) in [5.74, 6) is 0.420. The van der Waals surface area contributed by atoms with Gasteiger partial charge >= 0.3 is 0 Å². The molecule has 0 radical (unpaired) electrons. The van der Waals surface area contributed by atoms with Crippen molar-refractivity contribution in [1.82, 2.24) is 25.4 Å². The van der Waals surface area contributed by atoms with Crippen molar-refractivity contribution < 1.29 is 4.79 Å². The Morgan fingerprint density at radius 2 is 2.33 bits per heavy atom. The number of aromatic amines is 1. The van der Waals surface area contributed by atoms with Crippen LogP contribution in [-0.2, 0) is 13.0 Å². The molecule has 130 valence electrons. The lowest BCUT2D eigenvalue weighted by Crippen LogP contribution is -2.40. The minimum atomic E-state index is 0. The quantitative estimate of drug-likeness (QED) is 0.853. The Kier molecular flexibility index (Phi) is 5.22. The molecule has 2 aliphatic rings. The zero-order valence-corrected chi connectivity index (χ0v) is 15.3. The van der Waals surface area contributed by atoms with Gasteiger partial charge in [0.2, 0.25) is 0 Å². The number of carbonyl (C=O) groups is 1. The summed E-state index contributed by atoms with van der Waals surface area (Å²) in [4.78, 5) is 19.5. The zero-order chi connectivity index (χ0) is 15.8. The SMILES string of the molecule is Cc1csc(C2CCCN(C(=O)c3n[nH]c4c3CNCC4)C2)n1.Cl. The molecule has 0 bridgehead atoms. The van der Waals surface area contributed by atoms with Crippen LogP contribution in [0.15, 0.2) is 5.38 Å². The van der Waals surface area contributed by atoms with Crippen LogP contribution in [0.2, 0.25) is 0 Å². The van der Waals surface area contributed by atoms with Gasteiger partial charge in [-0.05, 0) is 19.8 Å².